The normalized spacial score (nSPS) is 10.3. The molecule has 0 radical (unpaired) electrons. The lowest BCUT2D eigenvalue weighted by atomic mass is 10.1. The minimum Gasteiger partial charge on any atom is -0.348 e. The molecule has 0 unspecified atom stereocenters. The van der Waals surface area contributed by atoms with Crippen molar-refractivity contribution >= 4 is 17.5 Å². The third kappa shape index (κ3) is 5.58. The van der Waals surface area contributed by atoms with E-state index in [4.69, 9.17) is 0 Å². The summed E-state index contributed by atoms with van der Waals surface area (Å²) >= 11 is 0. The molecule has 0 fully saturated rings. The zero-order valence-corrected chi connectivity index (χ0v) is 13.5. The van der Waals surface area contributed by atoms with E-state index in [9.17, 15) is 9.59 Å². The summed E-state index contributed by atoms with van der Waals surface area (Å²) in [7, 11) is 0. The van der Waals surface area contributed by atoms with Crippen molar-refractivity contribution in [2.75, 3.05) is 11.9 Å². The van der Waals surface area contributed by atoms with Gasteiger partial charge in [-0.15, -0.1) is 0 Å². The van der Waals surface area contributed by atoms with Crippen LogP contribution in [0.2, 0.25) is 0 Å². The van der Waals surface area contributed by atoms with Gasteiger partial charge < -0.3 is 10.6 Å². The second kappa shape index (κ2) is 8.45. The summed E-state index contributed by atoms with van der Waals surface area (Å²) in [5.74, 6) is -1.16. The molecule has 1 aromatic rings. The molecule has 0 bridgehead atoms. The van der Waals surface area contributed by atoms with Gasteiger partial charge in [0.1, 0.15) is 0 Å². The average Bonchev–Trinajstić information content (AvgIpc) is 2.42. The second-order valence-electron chi connectivity index (χ2n) is 5.54. The van der Waals surface area contributed by atoms with Crippen LogP contribution < -0.4 is 10.6 Å². The zero-order chi connectivity index (χ0) is 15.8. The molecule has 0 atom stereocenters. The molecule has 1 aromatic carbocycles. The summed E-state index contributed by atoms with van der Waals surface area (Å²) in [6.45, 7) is 8.56. The fraction of sp³-hybridized carbons (Fsp3) is 0.529. The van der Waals surface area contributed by atoms with Crippen LogP contribution in [0.1, 0.15) is 49.3 Å². The Hall–Kier alpha value is -1.84. The van der Waals surface area contributed by atoms with Gasteiger partial charge in [-0.3, -0.25) is 9.59 Å². The molecule has 0 aliphatic heterocycles. The third-order valence-electron chi connectivity index (χ3n) is 3.44. The lowest BCUT2D eigenvalue weighted by Gasteiger charge is -2.12. The third-order valence-corrected chi connectivity index (χ3v) is 3.44. The summed E-state index contributed by atoms with van der Waals surface area (Å²) in [5, 5.41) is 5.37. The molecular weight excluding hydrogens is 264 g/mol. The highest BCUT2D eigenvalue weighted by atomic mass is 16.2. The van der Waals surface area contributed by atoms with E-state index in [1.807, 2.05) is 32.9 Å². The molecule has 0 aliphatic carbocycles. The van der Waals surface area contributed by atoms with Crippen molar-refractivity contribution in [1.82, 2.24) is 5.32 Å². The zero-order valence-electron chi connectivity index (χ0n) is 13.5. The molecule has 2 N–H and O–H groups in total. The monoisotopic (exact) mass is 290 g/mol. The van der Waals surface area contributed by atoms with E-state index in [1.54, 1.807) is 0 Å². The van der Waals surface area contributed by atoms with Gasteiger partial charge in [-0.05, 0) is 38.3 Å². The Morgan fingerprint density at radius 3 is 2.14 bits per heavy atom. The largest absolute Gasteiger partial charge is 0.348 e. The molecule has 0 heterocycles. The Balaban J connectivity index is 2.51. The van der Waals surface area contributed by atoms with Crippen molar-refractivity contribution in [3.8, 4) is 0 Å². The van der Waals surface area contributed by atoms with Crippen LogP contribution in [0.4, 0.5) is 5.69 Å². The van der Waals surface area contributed by atoms with Crippen molar-refractivity contribution in [1.29, 1.82) is 0 Å². The fourth-order valence-corrected chi connectivity index (χ4v) is 2.38. The topological polar surface area (TPSA) is 58.2 Å². The molecule has 0 spiro atoms. The summed E-state index contributed by atoms with van der Waals surface area (Å²) in [5.41, 5.74) is 3.81. The van der Waals surface area contributed by atoms with Gasteiger partial charge in [0, 0.05) is 12.2 Å². The van der Waals surface area contributed by atoms with E-state index in [-0.39, 0.29) is 0 Å². The van der Waals surface area contributed by atoms with E-state index in [2.05, 4.69) is 17.6 Å². The molecule has 0 aromatic heterocycles. The number of rotatable bonds is 6. The van der Waals surface area contributed by atoms with Crippen LogP contribution in [0.5, 0.6) is 0 Å². The Labute approximate surface area is 127 Å². The first kappa shape index (κ1) is 17.2. The standard InChI is InChI=1S/C17H26N2O2/c1-5-6-7-8-9-18-16(20)17(21)19-15-13(3)10-12(2)11-14(15)4/h10-11H,5-9H2,1-4H3,(H,18,20)(H,19,21). The van der Waals surface area contributed by atoms with Gasteiger partial charge >= 0.3 is 11.8 Å². The quantitative estimate of drug-likeness (QED) is 0.624. The fourth-order valence-electron chi connectivity index (χ4n) is 2.38. The predicted octanol–water partition coefficient (Wildman–Crippen LogP) is 3.25. The van der Waals surface area contributed by atoms with Crippen LogP contribution >= 0.6 is 0 Å². The molecule has 4 heteroatoms. The molecule has 21 heavy (non-hydrogen) atoms. The van der Waals surface area contributed by atoms with Gasteiger partial charge in [0.2, 0.25) is 0 Å². The van der Waals surface area contributed by atoms with E-state index in [0.29, 0.717) is 6.54 Å². The van der Waals surface area contributed by atoms with Gasteiger partial charge in [-0.2, -0.15) is 0 Å². The Bertz CT molecular complexity index is 487. The van der Waals surface area contributed by atoms with Gasteiger partial charge in [0.15, 0.2) is 0 Å². The predicted molar refractivity (Wildman–Crippen MR) is 86.4 cm³/mol. The van der Waals surface area contributed by atoms with Crippen LogP contribution in [0.15, 0.2) is 12.1 Å². The lowest BCUT2D eigenvalue weighted by Crippen LogP contribution is -2.36. The number of anilines is 1. The molecule has 0 saturated carbocycles. The Morgan fingerprint density at radius 2 is 1.57 bits per heavy atom. The van der Waals surface area contributed by atoms with Crippen LogP contribution in [0, 0.1) is 20.8 Å². The number of carbonyl (C=O) groups is 2. The average molecular weight is 290 g/mol. The second-order valence-corrected chi connectivity index (χ2v) is 5.54. The SMILES string of the molecule is CCCCCCNC(=O)C(=O)Nc1c(C)cc(C)cc1C. The van der Waals surface area contributed by atoms with Gasteiger partial charge in [-0.1, -0.05) is 43.9 Å². The summed E-state index contributed by atoms with van der Waals surface area (Å²) in [6.07, 6.45) is 4.30. The van der Waals surface area contributed by atoms with Crippen LogP contribution in [-0.4, -0.2) is 18.4 Å². The van der Waals surface area contributed by atoms with Crippen molar-refractivity contribution in [2.45, 2.75) is 53.4 Å². The number of aryl methyl sites for hydroxylation is 3. The lowest BCUT2D eigenvalue weighted by molar-refractivity contribution is -0.136. The maximum absolute atomic E-state index is 11.9. The van der Waals surface area contributed by atoms with Gasteiger partial charge in [-0.25, -0.2) is 0 Å². The summed E-state index contributed by atoms with van der Waals surface area (Å²) in [6, 6.07) is 3.98. The van der Waals surface area contributed by atoms with E-state index in [1.165, 1.54) is 0 Å². The maximum atomic E-state index is 11.9. The minimum atomic E-state index is -0.597. The van der Waals surface area contributed by atoms with E-state index >= 15 is 0 Å². The van der Waals surface area contributed by atoms with Crippen molar-refractivity contribution in [3.63, 3.8) is 0 Å². The van der Waals surface area contributed by atoms with Crippen LogP contribution in [0.3, 0.4) is 0 Å². The number of amides is 2. The first-order chi connectivity index (χ1) is 9.95. The number of benzene rings is 1. The molecule has 116 valence electrons. The molecule has 1 rings (SSSR count). The highest BCUT2D eigenvalue weighted by molar-refractivity contribution is 6.39. The van der Waals surface area contributed by atoms with Crippen LogP contribution in [0.25, 0.3) is 0 Å². The van der Waals surface area contributed by atoms with E-state index in [0.717, 1.165) is 48.1 Å². The Kier molecular flexibility index (Phi) is 6.92. The van der Waals surface area contributed by atoms with Crippen molar-refractivity contribution in [3.05, 3.63) is 28.8 Å². The smallest absolute Gasteiger partial charge is 0.313 e. The summed E-state index contributed by atoms with van der Waals surface area (Å²) in [4.78, 5) is 23.6. The molecule has 0 aliphatic rings. The van der Waals surface area contributed by atoms with E-state index < -0.39 is 11.8 Å². The van der Waals surface area contributed by atoms with Crippen molar-refractivity contribution in [2.24, 2.45) is 0 Å². The number of nitrogens with one attached hydrogen (secondary N) is 2. The highest BCUT2D eigenvalue weighted by Crippen LogP contribution is 2.21. The first-order valence-corrected chi connectivity index (χ1v) is 7.62. The molecule has 0 saturated heterocycles. The Morgan fingerprint density at radius 1 is 0.952 bits per heavy atom. The minimum absolute atomic E-state index is 0.554. The number of hydrogen-bond donors (Lipinski definition) is 2. The summed E-state index contributed by atoms with van der Waals surface area (Å²) < 4.78 is 0. The number of carbonyl (C=O) groups excluding carboxylic acids is 2. The van der Waals surface area contributed by atoms with Crippen molar-refractivity contribution < 1.29 is 9.59 Å². The molecular formula is C17H26N2O2. The molecule has 2 amide bonds. The van der Waals surface area contributed by atoms with Crippen LogP contribution in [-0.2, 0) is 9.59 Å². The molecule has 4 nitrogen and oxygen atoms in total. The van der Waals surface area contributed by atoms with Gasteiger partial charge in [0.25, 0.3) is 0 Å². The maximum Gasteiger partial charge on any atom is 0.313 e. The number of unbranched alkanes of at least 4 members (excludes halogenated alkanes) is 3. The highest BCUT2D eigenvalue weighted by Gasteiger charge is 2.15. The first-order valence-electron chi connectivity index (χ1n) is 7.62. The number of hydrogen-bond acceptors (Lipinski definition) is 2. The van der Waals surface area contributed by atoms with Gasteiger partial charge in [0.05, 0.1) is 0 Å².